The van der Waals surface area contributed by atoms with Gasteiger partial charge in [0.1, 0.15) is 11.4 Å². The largest absolute Gasteiger partial charge is 0.494 e. The number of hydrogen-bond donors (Lipinski definition) is 1. The van der Waals surface area contributed by atoms with Crippen molar-refractivity contribution in [3.63, 3.8) is 0 Å². The zero-order valence-electron chi connectivity index (χ0n) is 15.4. The Morgan fingerprint density at radius 2 is 2.12 bits per heavy atom. The Balaban J connectivity index is 1.57. The van der Waals surface area contributed by atoms with Gasteiger partial charge in [0.25, 0.3) is 5.91 Å². The topological polar surface area (TPSA) is 59.4 Å². The van der Waals surface area contributed by atoms with Gasteiger partial charge in [-0.3, -0.25) is 4.79 Å². The normalized spacial score (nSPS) is 15.8. The number of likely N-dealkylation sites (tertiary alicyclic amines) is 1. The first-order valence-electron chi connectivity index (χ1n) is 8.91. The molecule has 0 unspecified atom stereocenters. The Hall–Kier alpha value is -1.99. The van der Waals surface area contributed by atoms with Crippen molar-refractivity contribution in [1.82, 2.24) is 20.0 Å². The molecular weight excluding hydrogens is 348 g/mol. The molecule has 1 aromatic heterocycles. The molecule has 0 aliphatic carbocycles. The number of carbonyl (C=O) groups is 1. The van der Waals surface area contributed by atoms with Gasteiger partial charge in [0.05, 0.1) is 18.9 Å². The fourth-order valence-corrected chi connectivity index (χ4v) is 3.62. The van der Waals surface area contributed by atoms with Gasteiger partial charge in [0.15, 0.2) is 0 Å². The monoisotopic (exact) mass is 374 g/mol. The maximum absolute atomic E-state index is 12.6. The molecule has 1 amide bonds. The number of benzene rings is 1. The number of methoxy groups -OCH3 is 1. The average molecular weight is 375 g/mol. The minimum absolute atomic E-state index is 0.0614. The van der Waals surface area contributed by atoms with E-state index >= 15 is 0 Å². The third-order valence-electron chi connectivity index (χ3n) is 4.71. The average Bonchev–Trinajstić information content (AvgIpc) is 3.17. The van der Waals surface area contributed by atoms with Crippen molar-refractivity contribution in [2.24, 2.45) is 0 Å². The molecule has 3 rings (SSSR count). The quantitative estimate of drug-likeness (QED) is 0.807. The van der Waals surface area contributed by atoms with E-state index in [1.807, 2.05) is 36.0 Å². The van der Waals surface area contributed by atoms with Gasteiger partial charge in [-0.2, -0.15) is 16.9 Å². The number of para-hydroxylation sites is 2. The number of nitrogens with one attached hydrogen (secondary N) is 1. The molecule has 0 spiro atoms. The molecule has 1 saturated heterocycles. The highest BCUT2D eigenvalue weighted by atomic mass is 32.2. The van der Waals surface area contributed by atoms with Crippen molar-refractivity contribution in [1.29, 1.82) is 0 Å². The van der Waals surface area contributed by atoms with Gasteiger partial charge in [-0.25, -0.2) is 4.68 Å². The smallest absolute Gasteiger partial charge is 0.254 e. The molecule has 0 radical (unpaired) electrons. The number of nitrogens with zero attached hydrogens (tertiary/aromatic N) is 3. The highest BCUT2D eigenvalue weighted by Gasteiger charge is 2.21. The first kappa shape index (κ1) is 18.8. The molecule has 0 bridgehead atoms. The third kappa shape index (κ3) is 4.59. The predicted octanol–water partition coefficient (Wildman–Crippen LogP) is 2.44. The van der Waals surface area contributed by atoms with Gasteiger partial charge in [0.2, 0.25) is 0 Å². The number of thioether (sulfide) groups is 1. The van der Waals surface area contributed by atoms with E-state index in [1.54, 1.807) is 24.2 Å². The maximum atomic E-state index is 12.6. The van der Waals surface area contributed by atoms with Crippen LogP contribution in [0.15, 0.2) is 36.7 Å². The number of amides is 1. The summed E-state index contributed by atoms with van der Waals surface area (Å²) in [5.74, 6) is 1.83. The van der Waals surface area contributed by atoms with Crippen molar-refractivity contribution in [2.45, 2.75) is 18.9 Å². The van der Waals surface area contributed by atoms with Crippen LogP contribution < -0.4 is 10.1 Å². The molecule has 0 atom stereocenters. The summed E-state index contributed by atoms with van der Waals surface area (Å²) in [6.45, 7) is 3.23. The second kappa shape index (κ2) is 9.09. The van der Waals surface area contributed by atoms with E-state index < -0.39 is 0 Å². The first-order valence-corrected chi connectivity index (χ1v) is 10.3. The molecule has 1 fully saturated rings. The zero-order chi connectivity index (χ0) is 18.4. The van der Waals surface area contributed by atoms with Crippen molar-refractivity contribution < 1.29 is 9.53 Å². The number of aromatic nitrogens is 2. The third-order valence-corrected chi connectivity index (χ3v) is 5.30. The molecule has 2 aromatic rings. The predicted molar refractivity (Wildman–Crippen MR) is 105 cm³/mol. The lowest BCUT2D eigenvalue weighted by Crippen LogP contribution is -2.45. The van der Waals surface area contributed by atoms with Crippen LogP contribution in [0, 0.1) is 0 Å². The Morgan fingerprint density at radius 3 is 2.85 bits per heavy atom. The van der Waals surface area contributed by atoms with E-state index in [0.717, 1.165) is 43.9 Å². The van der Waals surface area contributed by atoms with E-state index in [-0.39, 0.29) is 11.9 Å². The fraction of sp³-hybridized carbons (Fsp3) is 0.474. The van der Waals surface area contributed by atoms with E-state index in [9.17, 15) is 4.79 Å². The number of hydrogen-bond acceptors (Lipinski definition) is 5. The first-order chi connectivity index (χ1) is 12.7. The number of carbonyl (C=O) groups excluding carboxylic acids is 1. The molecule has 1 N–H and O–H groups in total. The van der Waals surface area contributed by atoms with Crippen molar-refractivity contribution in [2.75, 3.05) is 38.8 Å². The summed E-state index contributed by atoms with van der Waals surface area (Å²) in [5, 5.41) is 7.47. The SMILES string of the molecule is COc1ccccc1-n1cc(C(=O)NC2CCN(CCSC)CC2)cn1. The Bertz CT molecular complexity index is 726. The lowest BCUT2D eigenvalue weighted by atomic mass is 10.0. The van der Waals surface area contributed by atoms with Gasteiger partial charge in [-0.15, -0.1) is 0 Å². The molecule has 2 heterocycles. The molecule has 1 aromatic carbocycles. The van der Waals surface area contributed by atoms with Gasteiger partial charge in [-0.1, -0.05) is 12.1 Å². The van der Waals surface area contributed by atoms with Gasteiger partial charge < -0.3 is 15.0 Å². The molecule has 1 aliphatic heterocycles. The van der Waals surface area contributed by atoms with Crippen LogP contribution >= 0.6 is 11.8 Å². The number of ether oxygens (including phenoxy) is 1. The summed E-state index contributed by atoms with van der Waals surface area (Å²) in [5.41, 5.74) is 1.39. The summed E-state index contributed by atoms with van der Waals surface area (Å²) < 4.78 is 7.04. The van der Waals surface area contributed by atoms with Gasteiger partial charge in [0, 0.05) is 37.6 Å². The lowest BCUT2D eigenvalue weighted by Gasteiger charge is -2.32. The fourth-order valence-electron chi connectivity index (χ4n) is 3.18. The van der Waals surface area contributed by atoms with E-state index in [2.05, 4.69) is 21.6 Å². The van der Waals surface area contributed by atoms with Crippen LogP contribution in [0.2, 0.25) is 0 Å². The van der Waals surface area contributed by atoms with Crippen LogP contribution in [0.4, 0.5) is 0 Å². The van der Waals surface area contributed by atoms with Gasteiger partial charge in [-0.05, 0) is 31.2 Å². The standard InChI is InChI=1S/C19H26N4O2S/c1-25-18-6-4-3-5-17(18)23-14-15(13-20-23)19(24)21-16-7-9-22(10-8-16)11-12-26-2/h3-6,13-14,16H,7-12H2,1-2H3,(H,21,24). The van der Waals surface area contributed by atoms with E-state index in [0.29, 0.717) is 5.56 Å². The maximum Gasteiger partial charge on any atom is 0.254 e. The summed E-state index contributed by atoms with van der Waals surface area (Å²) in [7, 11) is 1.63. The molecule has 26 heavy (non-hydrogen) atoms. The van der Waals surface area contributed by atoms with Gasteiger partial charge >= 0.3 is 0 Å². The Kier molecular flexibility index (Phi) is 6.57. The molecule has 1 aliphatic rings. The number of piperidine rings is 1. The molecule has 6 nitrogen and oxygen atoms in total. The summed E-state index contributed by atoms with van der Waals surface area (Å²) in [6, 6.07) is 7.86. The van der Waals surface area contributed by atoms with Crippen LogP contribution in [0.25, 0.3) is 5.69 Å². The van der Waals surface area contributed by atoms with Crippen molar-refractivity contribution >= 4 is 17.7 Å². The Labute approximate surface area is 158 Å². The van der Waals surface area contributed by atoms with Crippen molar-refractivity contribution in [3.8, 4) is 11.4 Å². The number of rotatable bonds is 7. The van der Waals surface area contributed by atoms with Crippen LogP contribution in [-0.4, -0.2) is 65.4 Å². The Morgan fingerprint density at radius 1 is 1.35 bits per heavy atom. The second-order valence-corrected chi connectivity index (χ2v) is 7.41. The highest BCUT2D eigenvalue weighted by Crippen LogP contribution is 2.21. The molecular formula is C19H26N4O2S. The van der Waals surface area contributed by atoms with E-state index in [1.165, 1.54) is 5.75 Å². The minimum Gasteiger partial charge on any atom is -0.494 e. The summed E-state index contributed by atoms with van der Waals surface area (Å²) >= 11 is 1.88. The highest BCUT2D eigenvalue weighted by molar-refractivity contribution is 7.98. The molecule has 140 valence electrons. The van der Waals surface area contributed by atoms with Crippen LogP contribution in [0.1, 0.15) is 23.2 Å². The molecule has 7 heteroatoms. The zero-order valence-corrected chi connectivity index (χ0v) is 16.2. The summed E-state index contributed by atoms with van der Waals surface area (Å²) in [4.78, 5) is 15.0. The van der Waals surface area contributed by atoms with Crippen LogP contribution in [0.3, 0.4) is 0 Å². The molecule has 0 saturated carbocycles. The van der Waals surface area contributed by atoms with Crippen molar-refractivity contribution in [3.05, 3.63) is 42.2 Å². The van der Waals surface area contributed by atoms with Crippen LogP contribution in [-0.2, 0) is 0 Å². The minimum atomic E-state index is -0.0614. The van der Waals surface area contributed by atoms with Crippen LogP contribution in [0.5, 0.6) is 5.75 Å². The van der Waals surface area contributed by atoms with E-state index in [4.69, 9.17) is 4.74 Å². The second-order valence-electron chi connectivity index (χ2n) is 6.43. The summed E-state index contributed by atoms with van der Waals surface area (Å²) in [6.07, 6.45) is 7.50. The lowest BCUT2D eigenvalue weighted by molar-refractivity contribution is 0.0913.